The van der Waals surface area contributed by atoms with Crippen LogP contribution in [0, 0.1) is 11.3 Å². The van der Waals surface area contributed by atoms with Crippen molar-refractivity contribution in [1.29, 1.82) is 5.26 Å². The maximum absolute atomic E-state index is 11.9. The van der Waals surface area contributed by atoms with Crippen LogP contribution in [-0.2, 0) is 11.2 Å². The van der Waals surface area contributed by atoms with Crippen LogP contribution in [0.25, 0.3) is 0 Å². The molecule has 1 aliphatic rings. The summed E-state index contributed by atoms with van der Waals surface area (Å²) in [5, 5.41) is 21.5. The number of carbonyl (C=O) groups is 1. The Kier molecular flexibility index (Phi) is 4.94. The molecule has 21 heavy (non-hydrogen) atoms. The van der Waals surface area contributed by atoms with Gasteiger partial charge in [0.25, 0.3) is 0 Å². The number of nitriles is 1. The SMILES string of the molecule is CCCC1(O)CN(CC(=O)Nc2ccc(CC#N)cc2)C1. The maximum Gasteiger partial charge on any atom is 0.238 e. The summed E-state index contributed by atoms with van der Waals surface area (Å²) in [4.78, 5) is 13.8. The van der Waals surface area contributed by atoms with Gasteiger partial charge in [-0.3, -0.25) is 9.69 Å². The van der Waals surface area contributed by atoms with Crippen molar-refractivity contribution in [2.24, 2.45) is 0 Å². The van der Waals surface area contributed by atoms with Crippen molar-refractivity contribution in [3.8, 4) is 6.07 Å². The second-order valence-corrected chi connectivity index (χ2v) is 5.70. The van der Waals surface area contributed by atoms with Gasteiger partial charge in [-0.25, -0.2) is 0 Å². The van der Waals surface area contributed by atoms with Crippen molar-refractivity contribution in [2.45, 2.75) is 31.8 Å². The molecule has 1 amide bonds. The van der Waals surface area contributed by atoms with E-state index in [1.165, 1.54) is 0 Å². The molecule has 1 aromatic rings. The lowest BCUT2D eigenvalue weighted by Crippen LogP contribution is -2.62. The van der Waals surface area contributed by atoms with Crippen molar-refractivity contribution in [3.05, 3.63) is 29.8 Å². The molecule has 0 saturated carbocycles. The van der Waals surface area contributed by atoms with Gasteiger partial charge in [-0.2, -0.15) is 5.26 Å². The Morgan fingerprint density at radius 1 is 1.43 bits per heavy atom. The molecule has 112 valence electrons. The van der Waals surface area contributed by atoms with E-state index in [4.69, 9.17) is 5.26 Å². The fourth-order valence-electron chi connectivity index (χ4n) is 2.72. The zero-order chi connectivity index (χ0) is 15.3. The van der Waals surface area contributed by atoms with E-state index in [2.05, 4.69) is 11.4 Å². The molecule has 1 saturated heterocycles. The predicted molar refractivity (Wildman–Crippen MR) is 80.7 cm³/mol. The van der Waals surface area contributed by atoms with Crippen LogP contribution in [0.4, 0.5) is 5.69 Å². The fraction of sp³-hybridized carbons (Fsp3) is 0.500. The molecule has 5 nitrogen and oxygen atoms in total. The number of nitrogens with zero attached hydrogens (tertiary/aromatic N) is 2. The zero-order valence-electron chi connectivity index (χ0n) is 12.3. The standard InChI is InChI=1S/C16H21N3O2/c1-2-8-16(21)11-19(12-16)10-15(20)18-14-5-3-13(4-6-14)7-9-17/h3-6,21H,2,7-8,10-12H2,1H3,(H,18,20). The minimum atomic E-state index is -0.603. The quantitative estimate of drug-likeness (QED) is 0.832. The van der Waals surface area contributed by atoms with Crippen molar-refractivity contribution in [2.75, 3.05) is 25.0 Å². The molecule has 1 heterocycles. The zero-order valence-corrected chi connectivity index (χ0v) is 12.3. The van der Waals surface area contributed by atoms with Crippen LogP contribution in [-0.4, -0.2) is 41.1 Å². The summed E-state index contributed by atoms with van der Waals surface area (Å²) in [5.74, 6) is -0.0819. The number of nitrogens with one attached hydrogen (secondary N) is 1. The number of benzene rings is 1. The van der Waals surface area contributed by atoms with Gasteiger partial charge in [0.15, 0.2) is 0 Å². The minimum absolute atomic E-state index is 0.0819. The van der Waals surface area contributed by atoms with Crippen LogP contribution < -0.4 is 5.32 Å². The van der Waals surface area contributed by atoms with E-state index in [1.807, 2.05) is 24.0 Å². The predicted octanol–water partition coefficient (Wildman–Crippen LogP) is 1.54. The number of aliphatic hydroxyl groups is 1. The first-order valence-electron chi connectivity index (χ1n) is 7.25. The van der Waals surface area contributed by atoms with Crippen LogP contribution in [0.5, 0.6) is 0 Å². The first-order chi connectivity index (χ1) is 10.0. The van der Waals surface area contributed by atoms with E-state index in [9.17, 15) is 9.90 Å². The Bertz CT molecular complexity index is 527. The second kappa shape index (κ2) is 6.70. The fourth-order valence-corrected chi connectivity index (χ4v) is 2.72. The van der Waals surface area contributed by atoms with E-state index in [1.54, 1.807) is 12.1 Å². The number of amides is 1. The number of rotatable bonds is 6. The molecule has 1 aromatic carbocycles. The lowest BCUT2D eigenvalue weighted by molar-refractivity contribution is -0.129. The smallest absolute Gasteiger partial charge is 0.238 e. The van der Waals surface area contributed by atoms with Crippen molar-refractivity contribution in [3.63, 3.8) is 0 Å². The summed E-state index contributed by atoms with van der Waals surface area (Å²) in [6, 6.07) is 9.36. The average Bonchev–Trinajstić information content (AvgIpc) is 2.40. The Balaban J connectivity index is 1.77. The van der Waals surface area contributed by atoms with Crippen LogP contribution in [0.15, 0.2) is 24.3 Å². The summed E-state index contributed by atoms with van der Waals surface area (Å²) >= 11 is 0. The van der Waals surface area contributed by atoms with Gasteiger partial charge in [-0.15, -0.1) is 0 Å². The average molecular weight is 287 g/mol. The second-order valence-electron chi connectivity index (χ2n) is 5.70. The van der Waals surface area contributed by atoms with Gasteiger partial charge >= 0.3 is 0 Å². The van der Waals surface area contributed by atoms with Gasteiger partial charge in [0.05, 0.1) is 24.6 Å². The van der Waals surface area contributed by atoms with Crippen LogP contribution >= 0.6 is 0 Å². The summed E-state index contributed by atoms with van der Waals surface area (Å²) in [5.41, 5.74) is 1.06. The Hall–Kier alpha value is -1.90. The van der Waals surface area contributed by atoms with Crippen LogP contribution in [0.3, 0.4) is 0 Å². The molecular formula is C16H21N3O2. The van der Waals surface area contributed by atoms with Crippen LogP contribution in [0.1, 0.15) is 25.3 Å². The monoisotopic (exact) mass is 287 g/mol. The molecule has 0 unspecified atom stereocenters. The lowest BCUT2D eigenvalue weighted by atomic mass is 9.89. The lowest BCUT2D eigenvalue weighted by Gasteiger charge is -2.46. The van der Waals surface area contributed by atoms with Gasteiger partial charge in [0, 0.05) is 18.8 Å². The molecule has 2 rings (SSSR count). The largest absolute Gasteiger partial charge is 0.387 e. The van der Waals surface area contributed by atoms with Gasteiger partial charge in [-0.1, -0.05) is 25.5 Å². The molecule has 0 aromatic heterocycles. The third-order valence-corrected chi connectivity index (χ3v) is 3.64. The molecule has 0 atom stereocenters. The van der Waals surface area contributed by atoms with Gasteiger partial charge in [0.1, 0.15) is 0 Å². The first-order valence-corrected chi connectivity index (χ1v) is 7.25. The van der Waals surface area contributed by atoms with Gasteiger partial charge < -0.3 is 10.4 Å². The number of carbonyl (C=O) groups excluding carboxylic acids is 1. The van der Waals surface area contributed by atoms with Crippen molar-refractivity contribution < 1.29 is 9.90 Å². The summed E-state index contributed by atoms with van der Waals surface area (Å²) in [6.07, 6.45) is 2.11. The molecule has 0 radical (unpaired) electrons. The van der Waals surface area contributed by atoms with E-state index in [0.717, 1.165) is 24.1 Å². The third kappa shape index (κ3) is 4.28. The Morgan fingerprint density at radius 2 is 2.10 bits per heavy atom. The first kappa shape index (κ1) is 15.5. The number of likely N-dealkylation sites (tertiary alicyclic amines) is 1. The van der Waals surface area contributed by atoms with Crippen molar-refractivity contribution in [1.82, 2.24) is 4.90 Å². The Labute approximate surface area is 125 Å². The van der Waals surface area contributed by atoms with E-state index < -0.39 is 5.60 Å². The van der Waals surface area contributed by atoms with E-state index in [-0.39, 0.29) is 5.91 Å². The highest BCUT2D eigenvalue weighted by Crippen LogP contribution is 2.25. The van der Waals surface area contributed by atoms with E-state index in [0.29, 0.717) is 26.1 Å². The molecular weight excluding hydrogens is 266 g/mol. The molecule has 1 fully saturated rings. The number of hydrogen-bond donors (Lipinski definition) is 2. The van der Waals surface area contributed by atoms with Crippen molar-refractivity contribution >= 4 is 11.6 Å². The molecule has 0 aliphatic carbocycles. The van der Waals surface area contributed by atoms with E-state index >= 15 is 0 Å². The molecule has 5 heteroatoms. The Morgan fingerprint density at radius 3 is 2.67 bits per heavy atom. The molecule has 2 N–H and O–H groups in total. The number of hydrogen-bond acceptors (Lipinski definition) is 4. The highest BCUT2D eigenvalue weighted by molar-refractivity contribution is 5.92. The third-order valence-electron chi connectivity index (χ3n) is 3.64. The number of anilines is 1. The van der Waals surface area contributed by atoms with Gasteiger partial charge in [0.2, 0.25) is 5.91 Å². The van der Waals surface area contributed by atoms with Crippen LogP contribution in [0.2, 0.25) is 0 Å². The molecule has 0 spiro atoms. The molecule has 1 aliphatic heterocycles. The minimum Gasteiger partial charge on any atom is -0.387 e. The van der Waals surface area contributed by atoms with Gasteiger partial charge in [-0.05, 0) is 24.1 Å². The summed E-state index contributed by atoms with van der Waals surface area (Å²) in [6.45, 7) is 3.47. The highest BCUT2D eigenvalue weighted by Gasteiger charge is 2.40. The number of β-amino-alcohol motifs (C(OH)–C–C–N with tert-alkyl or cyclic N) is 1. The maximum atomic E-state index is 11.9. The summed E-state index contributed by atoms with van der Waals surface area (Å²) in [7, 11) is 0. The molecule has 0 bridgehead atoms. The summed E-state index contributed by atoms with van der Waals surface area (Å²) < 4.78 is 0. The normalized spacial score (nSPS) is 16.8. The highest BCUT2D eigenvalue weighted by atomic mass is 16.3. The topological polar surface area (TPSA) is 76.4 Å².